The number of hydrogen-bond acceptors (Lipinski definition) is 25. The van der Waals surface area contributed by atoms with Crippen molar-refractivity contribution in [3.63, 3.8) is 0 Å². The molecule has 0 aromatic rings. The van der Waals surface area contributed by atoms with Crippen molar-refractivity contribution < 1.29 is 91.1 Å². The topological polar surface area (TPSA) is 723 Å². The first kappa shape index (κ1) is 108. The van der Waals surface area contributed by atoms with Gasteiger partial charge in [0, 0.05) is 156 Å². The molecule has 19 amide bonds. The van der Waals surface area contributed by atoms with Crippen molar-refractivity contribution in [2.24, 2.45) is 40.1 Å². The molecule has 0 aliphatic heterocycles. The molecule has 0 heterocycles. The van der Waals surface area contributed by atoms with E-state index in [1.54, 1.807) is 83.1 Å². The summed E-state index contributed by atoms with van der Waals surface area (Å²) in [5, 5.41) is 47.3. The Labute approximate surface area is 690 Å². The van der Waals surface area contributed by atoms with Crippen LogP contribution in [0.2, 0.25) is 0 Å². The highest BCUT2D eigenvalue weighted by molar-refractivity contribution is 5.91. The number of primary amides is 1. The van der Waals surface area contributed by atoms with Crippen LogP contribution in [0.1, 0.15) is 209 Å². The number of nitrogens with one attached hydrogen (secondary N) is 18. The molecular formula is C74H137N25O19. The van der Waals surface area contributed by atoms with Crippen molar-refractivity contribution >= 4 is 112 Å². The molecule has 0 bridgehead atoms. The number of carbonyl (C=O) groups is 19. The van der Waals surface area contributed by atoms with E-state index in [1.807, 2.05) is 0 Å². The Kier molecular flexibility index (Phi) is 49.2. The lowest BCUT2D eigenvalue weighted by Gasteiger charge is -2.25. The second-order valence-electron chi connectivity index (χ2n) is 31.6. The second kappa shape index (κ2) is 53.9. The van der Waals surface area contributed by atoms with E-state index in [0.29, 0.717) is 0 Å². The molecule has 672 valence electrons. The van der Waals surface area contributed by atoms with Gasteiger partial charge >= 0.3 is 0 Å². The standard InChI is InChI=1S/C74H137N25O19/c1-32(20-51(75)101)88-69(113)63(76)44(13)95-58(108)22-34(3)83-53(103)28-40(9)90-71(115)65(78)46(15)97-60(110)24-36(5)85-55(105)30-42(11)92-73(117)67(80)48(17)99-62(112)26-38(7)87-56(106)31-43(12)93-74(118)68(81)49(18)98-61(111)25-37(6)86-54(104)29-41(10)91-72(116)66(79)47(16)96-59(109)23-35(4)84-52(102)27-39(8)89-70(114)64(77)45(14)94-57(107)21-33(2)82-50(19)100/h32-49,63-68H,20-31,76-81H2,1-19H3,(H2,75,101)(H,82,100)(H,83,103)(H,84,102)(H,85,105)(H,86,104)(H,87,106)(H,88,113)(H,89,114)(H,90,115)(H,91,116)(H,92,117)(H,93,118)(H,94,107)(H,95,108)(H,96,109)(H,97,110)(H,98,111)(H,99,112). The normalized spacial score (nSPS) is 17.3. The zero-order valence-electron chi connectivity index (χ0n) is 71.6. The highest BCUT2D eigenvalue weighted by Crippen LogP contribution is 2.08. The third-order valence-electron chi connectivity index (χ3n) is 18.1. The van der Waals surface area contributed by atoms with Gasteiger partial charge in [-0.1, -0.05) is 0 Å². The van der Waals surface area contributed by atoms with Gasteiger partial charge in [0.2, 0.25) is 112 Å². The van der Waals surface area contributed by atoms with Gasteiger partial charge in [-0.3, -0.25) is 91.1 Å². The summed E-state index contributed by atoms with van der Waals surface area (Å²) < 4.78 is 0. The van der Waals surface area contributed by atoms with Crippen LogP contribution >= 0.6 is 0 Å². The van der Waals surface area contributed by atoms with Gasteiger partial charge in [0.15, 0.2) is 0 Å². The van der Waals surface area contributed by atoms with E-state index >= 15 is 0 Å². The summed E-state index contributed by atoms with van der Waals surface area (Å²) in [5.41, 5.74) is 41.8. The number of hydrogen-bond donors (Lipinski definition) is 25. The third-order valence-corrected chi connectivity index (χ3v) is 18.1. The number of carbonyl (C=O) groups excluding carboxylic acids is 19. The summed E-state index contributed by atoms with van der Waals surface area (Å²) in [6.07, 6.45) is -2.23. The van der Waals surface area contributed by atoms with Crippen LogP contribution in [-0.4, -0.2) is 257 Å². The molecule has 0 aliphatic rings. The van der Waals surface area contributed by atoms with Crippen LogP contribution in [0, 0.1) is 0 Å². The molecule has 44 heteroatoms. The molecule has 0 aromatic carbocycles. The lowest BCUT2D eigenvalue weighted by atomic mass is 10.1. The SMILES string of the molecule is CC(=O)NC(C)CC(=O)NC(C)C(N)C(=O)NC(C)CC(=O)NC(C)CC(=O)NC(C)C(N)C(=O)NC(C)CC(=O)NC(C)CC(=O)NC(C)C(N)C(=O)NC(C)CC(=O)NC(C)CC(=O)NC(C)C(N)C(=O)NC(C)CC(=O)NC(C)CC(=O)NC(C)C(N)C(=O)NC(C)CC(=O)NC(C)CC(=O)NC(C)C(N)C(=O)NC(C)CC(N)=O. The third kappa shape index (κ3) is 46.6. The summed E-state index contributed by atoms with van der Waals surface area (Å²) >= 11 is 0. The lowest BCUT2D eigenvalue weighted by molar-refractivity contribution is -0.128. The summed E-state index contributed by atoms with van der Waals surface area (Å²) in [6.45, 7) is 29.1. The fourth-order valence-electron chi connectivity index (χ4n) is 11.8. The van der Waals surface area contributed by atoms with Gasteiger partial charge in [-0.25, -0.2) is 0 Å². The van der Waals surface area contributed by atoms with Crippen LogP contribution in [0.5, 0.6) is 0 Å². The van der Waals surface area contributed by atoms with Crippen LogP contribution in [0.25, 0.3) is 0 Å². The molecule has 24 unspecified atom stereocenters. The average Bonchev–Trinajstić information content (AvgIpc) is 0.909. The Hall–Kier alpha value is -10.3. The zero-order valence-corrected chi connectivity index (χ0v) is 71.6. The quantitative estimate of drug-likeness (QED) is 0.0269. The van der Waals surface area contributed by atoms with Crippen LogP contribution in [0.4, 0.5) is 0 Å². The summed E-state index contributed by atoms with van der Waals surface area (Å²) in [5.74, 6) is -10.6. The van der Waals surface area contributed by atoms with Gasteiger partial charge in [0.25, 0.3) is 0 Å². The number of nitrogens with two attached hydrogens (primary N) is 7. The van der Waals surface area contributed by atoms with Gasteiger partial charge in [0.1, 0.15) is 36.3 Å². The van der Waals surface area contributed by atoms with Crippen molar-refractivity contribution in [2.45, 2.75) is 354 Å². The maximum Gasteiger partial charge on any atom is 0.239 e. The highest BCUT2D eigenvalue weighted by atomic mass is 16.2. The van der Waals surface area contributed by atoms with Gasteiger partial charge in [-0.05, 0) is 125 Å². The Bertz CT molecular complexity index is 3430. The van der Waals surface area contributed by atoms with E-state index < -0.39 is 251 Å². The van der Waals surface area contributed by atoms with E-state index in [1.165, 1.54) is 48.5 Å². The molecule has 0 saturated heterocycles. The summed E-state index contributed by atoms with van der Waals surface area (Å²) in [7, 11) is 0. The largest absolute Gasteiger partial charge is 0.370 e. The average molecular weight is 1680 g/mol. The van der Waals surface area contributed by atoms with Crippen LogP contribution < -0.4 is 136 Å². The van der Waals surface area contributed by atoms with Crippen molar-refractivity contribution in [2.75, 3.05) is 0 Å². The number of rotatable bonds is 54. The van der Waals surface area contributed by atoms with Gasteiger partial charge in [-0.2, -0.15) is 0 Å². The zero-order chi connectivity index (χ0) is 91.0. The molecule has 0 saturated carbocycles. The molecule has 0 spiro atoms. The molecule has 118 heavy (non-hydrogen) atoms. The molecule has 0 radical (unpaired) electrons. The van der Waals surface area contributed by atoms with Gasteiger partial charge in [-0.15, -0.1) is 0 Å². The molecule has 44 nitrogen and oxygen atoms in total. The van der Waals surface area contributed by atoms with E-state index in [-0.39, 0.29) is 83.0 Å². The minimum atomic E-state index is -1.28. The van der Waals surface area contributed by atoms with Crippen molar-refractivity contribution in [1.29, 1.82) is 0 Å². The predicted octanol–water partition coefficient (Wildman–Crippen LogP) is -8.78. The summed E-state index contributed by atoms with van der Waals surface area (Å²) in [4.78, 5) is 241. The first-order valence-electron chi connectivity index (χ1n) is 39.6. The summed E-state index contributed by atoms with van der Waals surface area (Å²) in [6, 6.07) is -20.7. The minimum absolute atomic E-state index is 0.0312. The maximum atomic E-state index is 13.1. The molecule has 0 fully saturated rings. The van der Waals surface area contributed by atoms with Crippen molar-refractivity contribution in [3.05, 3.63) is 0 Å². The number of amides is 19. The molecule has 0 aromatic heterocycles. The van der Waals surface area contributed by atoms with Crippen molar-refractivity contribution in [1.82, 2.24) is 95.7 Å². The van der Waals surface area contributed by atoms with E-state index in [2.05, 4.69) is 95.7 Å². The van der Waals surface area contributed by atoms with E-state index in [4.69, 9.17) is 40.1 Å². The van der Waals surface area contributed by atoms with Crippen molar-refractivity contribution in [3.8, 4) is 0 Å². The van der Waals surface area contributed by atoms with E-state index in [0.717, 1.165) is 0 Å². The Morgan fingerprint density at radius 2 is 0.288 bits per heavy atom. The maximum absolute atomic E-state index is 13.1. The molecule has 24 atom stereocenters. The van der Waals surface area contributed by atoms with Crippen LogP contribution in [0.3, 0.4) is 0 Å². The molecule has 0 rings (SSSR count). The smallest absolute Gasteiger partial charge is 0.239 e. The first-order valence-corrected chi connectivity index (χ1v) is 39.6. The van der Waals surface area contributed by atoms with Gasteiger partial charge in [0.05, 0.1) is 36.3 Å². The monoisotopic (exact) mass is 1680 g/mol. The Balaban J connectivity index is 4.82. The highest BCUT2D eigenvalue weighted by Gasteiger charge is 2.33. The molecular weight excluding hydrogens is 1540 g/mol. The fourth-order valence-corrected chi connectivity index (χ4v) is 11.8. The van der Waals surface area contributed by atoms with Crippen LogP contribution in [0.15, 0.2) is 0 Å². The lowest BCUT2D eigenvalue weighted by Crippen LogP contribution is -2.56. The van der Waals surface area contributed by atoms with Crippen LogP contribution in [-0.2, 0) is 91.1 Å². The van der Waals surface area contributed by atoms with Gasteiger partial charge < -0.3 is 136 Å². The first-order chi connectivity index (χ1) is 54.5. The Morgan fingerprint density at radius 1 is 0.178 bits per heavy atom. The molecule has 0 aliphatic carbocycles. The Morgan fingerprint density at radius 3 is 0.415 bits per heavy atom. The minimum Gasteiger partial charge on any atom is -0.370 e. The second-order valence-corrected chi connectivity index (χ2v) is 31.6. The molecule has 32 N–H and O–H groups in total. The fraction of sp³-hybridized carbons (Fsp3) is 0.743. The van der Waals surface area contributed by atoms with E-state index in [9.17, 15) is 91.1 Å². The predicted molar refractivity (Wildman–Crippen MR) is 435 cm³/mol.